The molecule has 0 bridgehead atoms. The number of nitrogens with one attached hydrogen (secondary N) is 2. The van der Waals surface area contributed by atoms with Gasteiger partial charge in [-0.2, -0.15) is 4.98 Å². The van der Waals surface area contributed by atoms with Gasteiger partial charge in [-0.3, -0.25) is 0 Å². The molecule has 0 spiro atoms. The zero-order valence-corrected chi connectivity index (χ0v) is 20.5. The Kier molecular flexibility index (Phi) is 7.33. The van der Waals surface area contributed by atoms with Crippen molar-refractivity contribution in [2.75, 3.05) is 61.6 Å². The average Bonchev–Trinajstić information content (AvgIpc) is 2.88. The number of benzene rings is 1. The van der Waals surface area contributed by atoms with E-state index in [0.29, 0.717) is 56.3 Å². The lowest BCUT2D eigenvalue weighted by molar-refractivity contribution is 0.164. The molecule has 36 heavy (non-hydrogen) atoms. The number of sulfone groups is 1. The maximum atomic E-state index is 11.5. The van der Waals surface area contributed by atoms with Crippen molar-refractivity contribution in [2.45, 2.75) is 6.42 Å². The summed E-state index contributed by atoms with van der Waals surface area (Å²) in [5.74, 6) is 3.41. The van der Waals surface area contributed by atoms with Gasteiger partial charge in [-0.05, 0) is 36.8 Å². The van der Waals surface area contributed by atoms with Crippen molar-refractivity contribution in [3.63, 3.8) is 0 Å². The van der Waals surface area contributed by atoms with Gasteiger partial charge in [0.2, 0.25) is 5.95 Å². The van der Waals surface area contributed by atoms with Gasteiger partial charge in [-0.15, -0.1) is 0 Å². The van der Waals surface area contributed by atoms with Crippen LogP contribution in [0.2, 0.25) is 0 Å². The lowest BCUT2D eigenvalue weighted by Crippen LogP contribution is -2.40. The highest BCUT2D eigenvalue weighted by Gasteiger charge is 2.20. The van der Waals surface area contributed by atoms with Crippen molar-refractivity contribution in [1.29, 1.82) is 0 Å². The Morgan fingerprint density at radius 1 is 0.972 bits per heavy atom. The highest BCUT2D eigenvalue weighted by atomic mass is 32.2. The molecule has 0 radical (unpaired) electrons. The van der Waals surface area contributed by atoms with E-state index in [-0.39, 0.29) is 11.5 Å². The Morgan fingerprint density at radius 2 is 1.78 bits per heavy atom. The van der Waals surface area contributed by atoms with Crippen LogP contribution >= 0.6 is 0 Å². The van der Waals surface area contributed by atoms with Gasteiger partial charge >= 0.3 is 0 Å². The zero-order chi connectivity index (χ0) is 24.8. The SMILES string of the molecule is O=S1(=O)CCN(CCCOc2ccc(Nc3nccc(Nc4cnc5c(c4)OCCO5)n3)cc2)CC1. The second kappa shape index (κ2) is 11.0. The largest absolute Gasteiger partial charge is 0.494 e. The van der Waals surface area contributed by atoms with E-state index in [1.807, 2.05) is 30.3 Å². The van der Waals surface area contributed by atoms with Crippen molar-refractivity contribution in [3.8, 4) is 17.4 Å². The van der Waals surface area contributed by atoms with Crippen LogP contribution < -0.4 is 24.8 Å². The van der Waals surface area contributed by atoms with E-state index in [9.17, 15) is 8.42 Å². The number of fused-ring (bicyclic) bond motifs is 1. The van der Waals surface area contributed by atoms with E-state index >= 15 is 0 Å². The monoisotopic (exact) mass is 512 g/mol. The standard InChI is InChI=1S/C24H28N6O5S/c31-36(32)14-9-30(10-15-36)8-1-11-33-20-4-2-18(3-5-20)28-24-25-7-6-22(29-24)27-19-16-21-23(26-17-19)35-13-12-34-21/h2-7,16-17H,1,8-15H2,(H2,25,27,28,29). The van der Waals surface area contributed by atoms with Crippen LogP contribution in [0, 0.1) is 0 Å². The molecule has 2 N–H and O–H groups in total. The number of ether oxygens (including phenoxy) is 3. The van der Waals surface area contributed by atoms with Gasteiger partial charge in [0.15, 0.2) is 15.6 Å². The van der Waals surface area contributed by atoms with Crippen molar-refractivity contribution < 1.29 is 22.6 Å². The number of hydrogen-bond acceptors (Lipinski definition) is 11. The minimum atomic E-state index is -2.84. The summed E-state index contributed by atoms with van der Waals surface area (Å²) in [6, 6.07) is 11.2. The lowest BCUT2D eigenvalue weighted by Gasteiger charge is -2.26. The molecule has 2 aliphatic heterocycles. The maximum Gasteiger partial charge on any atom is 0.257 e. The average molecular weight is 513 g/mol. The Hall–Kier alpha value is -3.64. The first-order valence-electron chi connectivity index (χ1n) is 11.8. The van der Waals surface area contributed by atoms with Crippen LogP contribution in [-0.4, -0.2) is 79.2 Å². The minimum absolute atomic E-state index is 0.251. The number of anilines is 4. The first-order valence-corrected chi connectivity index (χ1v) is 13.6. The topological polar surface area (TPSA) is 128 Å². The Morgan fingerprint density at radius 3 is 2.61 bits per heavy atom. The molecule has 4 heterocycles. The summed E-state index contributed by atoms with van der Waals surface area (Å²) in [7, 11) is -2.84. The fourth-order valence-electron chi connectivity index (χ4n) is 3.85. The molecule has 0 aliphatic carbocycles. The van der Waals surface area contributed by atoms with Gasteiger partial charge in [0.1, 0.15) is 24.8 Å². The molecule has 1 saturated heterocycles. The molecule has 12 heteroatoms. The number of rotatable bonds is 9. The zero-order valence-electron chi connectivity index (χ0n) is 19.7. The molecule has 0 saturated carbocycles. The molecular weight excluding hydrogens is 484 g/mol. The van der Waals surface area contributed by atoms with E-state index in [0.717, 1.165) is 30.1 Å². The molecule has 1 fully saturated rings. The van der Waals surface area contributed by atoms with Gasteiger partial charge in [0.25, 0.3) is 5.88 Å². The predicted octanol–water partition coefficient (Wildman–Crippen LogP) is 2.63. The first-order chi connectivity index (χ1) is 17.5. The summed E-state index contributed by atoms with van der Waals surface area (Å²) >= 11 is 0. The van der Waals surface area contributed by atoms with Crippen LogP contribution in [0.25, 0.3) is 0 Å². The third-order valence-corrected chi connectivity index (χ3v) is 7.37. The third kappa shape index (κ3) is 6.52. The first kappa shape index (κ1) is 24.1. The summed E-state index contributed by atoms with van der Waals surface area (Å²) in [4.78, 5) is 15.2. The number of pyridine rings is 1. The molecule has 5 rings (SSSR count). The van der Waals surface area contributed by atoms with E-state index in [1.54, 1.807) is 18.5 Å². The number of nitrogens with zero attached hydrogens (tertiary/aromatic N) is 4. The summed E-state index contributed by atoms with van der Waals surface area (Å²) in [6.45, 7) is 3.61. The smallest absolute Gasteiger partial charge is 0.257 e. The van der Waals surface area contributed by atoms with Gasteiger partial charge in [0.05, 0.1) is 30.0 Å². The fraction of sp³-hybridized carbons (Fsp3) is 0.375. The van der Waals surface area contributed by atoms with Gasteiger partial charge < -0.3 is 29.7 Å². The van der Waals surface area contributed by atoms with Crippen molar-refractivity contribution in [1.82, 2.24) is 19.9 Å². The van der Waals surface area contributed by atoms with Crippen LogP contribution in [0.4, 0.5) is 23.1 Å². The summed E-state index contributed by atoms with van der Waals surface area (Å²) in [6.07, 6.45) is 4.17. The highest BCUT2D eigenvalue weighted by Crippen LogP contribution is 2.31. The highest BCUT2D eigenvalue weighted by molar-refractivity contribution is 7.91. The second-order valence-electron chi connectivity index (χ2n) is 8.46. The number of aromatic nitrogens is 3. The van der Waals surface area contributed by atoms with E-state index in [4.69, 9.17) is 14.2 Å². The van der Waals surface area contributed by atoms with Crippen molar-refractivity contribution >= 4 is 33.0 Å². The van der Waals surface area contributed by atoms with Crippen LogP contribution in [0.3, 0.4) is 0 Å². The van der Waals surface area contributed by atoms with Gasteiger partial charge in [-0.25, -0.2) is 18.4 Å². The molecule has 3 aromatic rings. The van der Waals surface area contributed by atoms with Crippen molar-refractivity contribution in [2.24, 2.45) is 0 Å². The van der Waals surface area contributed by atoms with Gasteiger partial charge in [-0.1, -0.05) is 0 Å². The molecule has 1 aromatic carbocycles. The molecule has 190 valence electrons. The molecular formula is C24H28N6O5S. The Balaban J connectivity index is 1.09. The molecule has 0 amide bonds. The van der Waals surface area contributed by atoms with Crippen LogP contribution in [0.1, 0.15) is 6.42 Å². The summed E-state index contributed by atoms with van der Waals surface area (Å²) in [5, 5.41) is 6.39. The molecule has 2 aromatic heterocycles. The second-order valence-corrected chi connectivity index (χ2v) is 10.8. The van der Waals surface area contributed by atoms with Crippen LogP contribution in [0.15, 0.2) is 48.8 Å². The van der Waals surface area contributed by atoms with Gasteiger partial charge in [0, 0.05) is 37.6 Å². The summed E-state index contributed by atoms with van der Waals surface area (Å²) in [5.41, 5.74) is 1.56. The third-order valence-electron chi connectivity index (χ3n) is 5.76. The Bertz CT molecular complexity index is 1270. The summed E-state index contributed by atoms with van der Waals surface area (Å²) < 4.78 is 39.9. The Labute approximate surface area is 209 Å². The molecule has 0 atom stereocenters. The molecule has 0 unspecified atom stereocenters. The number of hydrogen-bond donors (Lipinski definition) is 2. The van der Waals surface area contributed by atoms with E-state index in [2.05, 4.69) is 30.5 Å². The fourth-order valence-corrected chi connectivity index (χ4v) is 5.13. The van der Waals surface area contributed by atoms with E-state index in [1.165, 1.54) is 0 Å². The normalized spacial score (nSPS) is 16.8. The minimum Gasteiger partial charge on any atom is -0.494 e. The van der Waals surface area contributed by atoms with E-state index < -0.39 is 9.84 Å². The maximum absolute atomic E-state index is 11.5. The quantitative estimate of drug-likeness (QED) is 0.411. The predicted molar refractivity (Wildman–Crippen MR) is 135 cm³/mol. The lowest BCUT2D eigenvalue weighted by atomic mass is 10.3. The molecule has 11 nitrogen and oxygen atoms in total. The van der Waals surface area contributed by atoms with Crippen LogP contribution in [-0.2, 0) is 9.84 Å². The molecule has 2 aliphatic rings. The van der Waals surface area contributed by atoms with Crippen molar-refractivity contribution in [3.05, 3.63) is 48.8 Å². The van der Waals surface area contributed by atoms with Crippen LogP contribution in [0.5, 0.6) is 17.4 Å².